The fourth-order valence-electron chi connectivity index (χ4n) is 2.47. The van der Waals surface area contributed by atoms with Gasteiger partial charge in [0.15, 0.2) is 5.78 Å². The van der Waals surface area contributed by atoms with Crippen molar-refractivity contribution in [3.05, 3.63) is 0 Å². The van der Waals surface area contributed by atoms with Crippen LogP contribution in [-0.2, 0) is 9.53 Å². The summed E-state index contributed by atoms with van der Waals surface area (Å²) in [6.45, 7) is 9.90. The highest BCUT2D eigenvalue weighted by Crippen LogP contribution is 2.29. The molecule has 1 aliphatic heterocycles. The summed E-state index contributed by atoms with van der Waals surface area (Å²) in [5, 5.41) is 0. The summed E-state index contributed by atoms with van der Waals surface area (Å²) in [5.41, 5.74) is -0.462. The molecule has 0 amide bonds. The summed E-state index contributed by atoms with van der Waals surface area (Å²) in [4.78, 5) is 14.5. The molecular formula is C13H25NO2. The standard InChI is InChI=1S/C13H25NO2/c1-4-7-12(15)13(16-6-3)8-10-14(5-2)11-9-13/h4-11H2,1-3H3. The van der Waals surface area contributed by atoms with Crippen LogP contribution in [0.25, 0.3) is 0 Å². The van der Waals surface area contributed by atoms with Gasteiger partial charge in [-0.15, -0.1) is 0 Å². The van der Waals surface area contributed by atoms with Gasteiger partial charge in [-0.25, -0.2) is 0 Å². The molecule has 0 bridgehead atoms. The fraction of sp³-hybridized carbons (Fsp3) is 0.923. The zero-order valence-electron chi connectivity index (χ0n) is 10.9. The van der Waals surface area contributed by atoms with Crippen LogP contribution in [-0.4, -0.2) is 42.5 Å². The second kappa shape index (κ2) is 6.36. The molecule has 0 N–H and O–H groups in total. The minimum Gasteiger partial charge on any atom is -0.367 e. The molecule has 0 atom stereocenters. The van der Waals surface area contributed by atoms with Crippen LogP contribution in [0.15, 0.2) is 0 Å². The van der Waals surface area contributed by atoms with Crippen LogP contribution < -0.4 is 0 Å². The molecule has 1 rings (SSSR count). The highest BCUT2D eigenvalue weighted by molar-refractivity contribution is 5.87. The molecule has 16 heavy (non-hydrogen) atoms. The molecule has 0 aromatic heterocycles. The number of ketones is 1. The van der Waals surface area contributed by atoms with Gasteiger partial charge in [-0.05, 0) is 32.7 Å². The van der Waals surface area contributed by atoms with Crippen molar-refractivity contribution in [3.8, 4) is 0 Å². The molecule has 0 aromatic rings. The normalized spacial score (nSPS) is 20.9. The van der Waals surface area contributed by atoms with E-state index in [9.17, 15) is 4.79 Å². The van der Waals surface area contributed by atoms with Crippen molar-refractivity contribution in [2.24, 2.45) is 0 Å². The molecule has 3 heteroatoms. The van der Waals surface area contributed by atoms with Crippen molar-refractivity contribution in [2.75, 3.05) is 26.2 Å². The first kappa shape index (κ1) is 13.7. The number of likely N-dealkylation sites (tertiary alicyclic amines) is 1. The number of hydrogen-bond acceptors (Lipinski definition) is 3. The number of ether oxygens (including phenoxy) is 1. The van der Waals surface area contributed by atoms with E-state index in [1.807, 2.05) is 6.92 Å². The zero-order chi connectivity index (χ0) is 12.0. The Kier molecular flexibility index (Phi) is 5.42. The van der Waals surface area contributed by atoms with E-state index in [1.165, 1.54) is 0 Å². The molecule has 1 aliphatic rings. The lowest BCUT2D eigenvalue weighted by Crippen LogP contribution is -2.51. The number of piperidine rings is 1. The number of carbonyl (C=O) groups excluding carboxylic acids is 1. The lowest BCUT2D eigenvalue weighted by atomic mass is 9.85. The maximum absolute atomic E-state index is 12.2. The maximum Gasteiger partial charge on any atom is 0.164 e. The Balaban J connectivity index is 2.63. The molecule has 0 unspecified atom stereocenters. The number of carbonyl (C=O) groups is 1. The van der Waals surface area contributed by atoms with Gasteiger partial charge in [-0.3, -0.25) is 4.79 Å². The Hall–Kier alpha value is -0.410. The second-order valence-corrected chi connectivity index (χ2v) is 4.53. The molecule has 1 saturated heterocycles. The van der Waals surface area contributed by atoms with Crippen LogP contribution in [0.5, 0.6) is 0 Å². The van der Waals surface area contributed by atoms with Gasteiger partial charge in [0.05, 0.1) is 0 Å². The Bertz CT molecular complexity index is 220. The third-order valence-corrected chi connectivity index (χ3v) is 3.52. The first-order chi connectivity index (χ1) is 7.68. The summed E-state index contributed by atoms with van der Waals surface area (Å²) in [6, 6.07) is 0. The van der Waals surface area contributed by atoms with E-state index in [0.717, 1.165) is 38.9 Å². The summed E-state index contributed by atoms with van der Waals surface area (Å²) in [6.07, 6.45) is 3.32. The van der Waals surface area contributed by atoms with E-state index in [-0.39, 0.29) is 0 Å². The molecule has 1 heterocycles. The van der Waals surface area contributed by atoms with Gasteiger partial charge in [0.2, 0.25) is 0 Å². The molecule has 0 spiro atoms. The van der Waals surface area contributed by atoms with Gasteiger partial charge in [0.25, 0.3) is 0 Å². The Morgan fingerprint density at radius 3 is 2.31 bits per heavy atom. The average molecular weight is 227 g/mol. The van der Waals surface area contributed by atoms with Crippen LogP contribution in [0, 0.1) is 0 Å². The van der Waals surface area contributed by atoms with Crippen molar-refractivity contribution < 1.29 is 9.53 Å². The van der Waals surface area contributed by atoms with Crippen LogP contribution in [0.4, 0.5) is 0 Å². The SMILES string of the molecule is CCCC(=O)C1(OCC)CCN(CC)CC1. The van der Waals surface area contributed by atoms with Crippen molar-refractivity contribution in [1.82, 2.24) is 4.90 Å². The fourth-order valence-corrected chi connectivity index (χ4v) is 2.47. The van der Waals surface area contributed by atoms with Gasteiger partial charge in [0.1, 0.15) is 5.60 Å². The van der Waals surface area contributed by atoms with E-state index >= 15 is 0 Å². The van der Waals surface area contributed by atoms with Crippen LogP contribution in [0.1, 0.15) is 46.5 Å². The molecular weight excluding hydrogens is 202 g/mol. The molecule has 0 saturated carbocycles. The first-order valence-electron chi connectivity index (χ1n) is 6.58. The number of nitrogens with zero attached hydrogens (tertiary/aromatic N) is 1. The minimum atomic E-state index is -0.462. The van der Waals surface area contributed by atoms with E-state index < -0.39 is 5.60 Å². The lowest BCUT2D eigenvalue weighted by molar-refractivity contribution is -0.151. The third-order valence-electron chi connectivity index (χ3n) is 3.52. The monoisotopic (exact) mass is 227 g/mol. The first-order valence-corrected chi connectivity index (χ1v) is 6.58. The summed E-state index contributed by atoms with van der Waals surface area (Å²) >= 11 is 0. The Morgan fingerprint density at radius 2 is 1.88 bits per heavy atom. The van der Waals surface area contributed by atoms with E-state index in [4.69, 9.17) is 4.74 Å². The van der Waals surface area contributed by atoms with Gasteiger partial charge >= 0.3 is 0 Å². The van der Waals surface area contributed by atoms with E-state index in [2.05, 4.69) is 18.7 Å². The smallest absolute Gasteiger partial charge is 0.164 e. The molecule has 0 radical (unpaired) electrons. The van der Waals surface area contributed by atoms with Crippen LogP contribution >= 0.6 is 0 Å². The molecule has 0 aromatic carbocycles. The number of hydrogen-bond donors (Lipinski definition) is 0. The summed E-state index contributed by atoms with van der Waals surface area (Å²) in [5.74, 6) is 0.313. The molecule has 3 nitrogen and oxygen atoms in total. The zero-order valence-corrected chi connectivity index (χ0v) is 10.9. The highest BCUT2D eigenvalue weighted by Gasteiger charge is 2.40. The summed E-state index contributed by atoms with van der Waals surface area (Å²) < 4.78 is 5.80. The highest BCUT2D eigenvalue weighted by atomic mass is 16.5. The van der Waals surface area contributed by atoms with Gasteiger partial charge in [0, 0.05) is 26.1 Å². The molecule has 94 valence electrons. The van der Waals surface area contributed by atoms with Crippen molar-refractivity contribution in [2.45, 2.75) is 52.1 Å². The van der Waals surface area contributed by atoms with Crippen LogP contribution in [0.2, 0.25) is 0 Å². The van der Waals surface area contributed by atoms with Gasteiger partial charge in [-0.1, -0.05) is 13.8 Å². The largest absolute Gasteiger partial charge is 0.367 e. The topological polar surface area (TPSA) is 29.5 Å². The second-order valence-electron chi connectivity index (χ2n) is 4.53. The Morgan fingerprint density at radius 1 is 1.25 bits per heavy atom. The quantitative estimate of drug-likeness (QED) is 0.697. The lowest BCUT2D eigenvalue weighted by Gasteiger charge is -2.40. The average Bonchev–Trinajstić information content (AvgIpc) is 2.30. The van der Waals surface area contributed by atoms with Crippen molar-refractivity contribution in [1.29, 1.82) is 0 Å². The predicted octanol–water partition coefficient (Wildman–Crippen LogP) is 2.25. The number of rotatable bonds is 6. The minimum absolute atomic E-state index is 0.313. The van der Waals surface area contributed by atoms with Crippen LogP contribution in [0.3, 0.4) is 0 Å². The maximum atomic E-state index is 12.2. The molecule has 0 aliphatic carbocycles. The third kappa shape index (κ3) is 3.05. The Labute approximate surface area is 99.1 Å². The van der Waals surface area contributed by atoms with Crippen molar-refractivity contribution in [3.63, 3.8) is 0 Å². The van der Waals surface area contributed by atoms with Gasteiger partial charge in [-0.2, -0.15) is 0 Å². The molecule has 1 fully saturated rings. The summed E-state index contributed by atoms with van der Waals surface area (Å²) in [7, 11) is 0. The predicted molar refractivity (Wildman–Crippen MR) is 65.6 cm³/mol. The number of Topliss-reactive ketones (excluding diaryl/α,β-unsaturated/α-hetero) is 1. The van der Waals surface area contributed by atoms with Gasteiger partial charge < -0.3 is 9.64 Å². The van der Waals surface area contributed by atoms with E-state index in [0.29, 0.717) is 18.8 Å². The van der Waals surface area contributed by atoms with E-state index in [1.54, 1.807) is 0 Å². The van der Waals surface area contributed by atoms with Crippen molar-refractivity contribution >= 4 is 5.78 Å².